The Balaban J connectivity index is 1.71. The van der Waals surface area contributed by atoms with E-state index in [1.54, 1.807) is 13.2 Å². The Bertz CT molecular complexity index is 896. The third-order valence-electron chi connectivity index (χ3n) is 5.52. The van der Waals surface area contributed by atoms with Crippen LogP contribution in [0.25, 0.3) is 0 Å². The van der Waals surface area contributed by atoms with Crippen LogP contribution < -0.4 is 0 Å². The second kappa shape index (κ2) is 12.9. The highest BCUT2D eigenvalue weighted by Gasteiger charge is 2.29. The minimum atomic E-state index is -0.460. The monoisotopic (exact) mass is 440 g/mol. The molecular formula is C27H36O5. The Kier molecular flexibility index (Phi) is 10.3. The van der Waals surface area contributed by atoms with E-state index in [9.17, 15) is 9.59 Å². The first-order valence-electron chi connectivity index (χ1n) is 11.4. The molecule has 174 valence electrons. The van der Waals surface area contributed by atoms with Gasteiger partial charge in [0.15, 0.2) is 11.5 Å². The van der Waals surface area contributed by atoms with Gasteiger partial charge in [-0.15, -0.1) is 0 Å². The summed E-state index contributed by atoms with van der Waals surface area (Å²) in [6.45, 7) is 9.38. The topological polar surface area (TPSA) is 65.7 Å². The van der Waals surface area contributed by atoms with E-state index in [-0.39, 0.29) is 11.7 Å². The second-order valence-electron chi connectivity index (χ2n) is 8.65. The average Bonchev–Trinajstić information content (AvgIpc) is 3.32. The molecule has 0 spiro atoms. The van der Waals surface area contributed by atoms with Gasteiger partial charge in [0.05, 0.1) is 18.1 Å². The normalized spacial score (nSPS) is 17.2. The van der Waals surface area contributed by atoms with Gasteiger partial charge in [0.2, 0.25) is 0 Å². The number of furan rings is 1. The Hall–Kier alpha value is -2.82. The van der Waals surface area contributed by atoms with Crippen molar-refractivity contribution in [2.45, 2.75) is 79.6 Å². The highest BCUT2D eigenvalue weighted by molar-refractivity contribution is 5.94. The molecule has 5 heteroatoms. The van der Waals surface area contributed by atoms with Crippen LogP contribution in [0.3, 0.4) is 0 Å². The van der Waals surface area contributed by atoms with E-state index in [4.69, 9.17) is 13.9 Å². The molecule has 0 N–H and O–H groups in total. The maximum Gasteiger partial charge on any atom is 0.343 e. The number of rotatable bonds is 12. The number of carbonyl (C=O) groups is 2. The number of allylic oxidation sites excluding steroid dienone is 5. The molecule has 0 fully saturated rings. The van der Waals surface area contributed by atoms with Gasteiger partial charge in [-0.25, -0.2) is 4.79 Å². The lowest BCUT2D eigenvalue weighted by atomic mass is 10.0. The first kappa shape index (κ1) is 25.4. The van der Waals surface area contributed by atoms with Gasteiger partial charge >= 0.3 is 11.9 Å². The van der Waals surface area contributed by atoms with E-state index < -0.39 is 11.9 Å². The molecule has 1 aromatic heterocycles. The zero-order valence-corrected chi connectivity index (χ0v) is 20.0. The van der Waals surface area contributed by atoms with Gasteiger partial charge in [-0.05, 0) is 89.3 Å². The molecular weight excluding hydrogens is 404 g/mol. The van der Waals surface area contributed by atoms with Crippen molar-refractivity contribution in [3.05, 3.63) is 70.6 Å². The molecule has 1 aliphatic rings. The van der Waals surface area contributed by atoms with E-state index in [0.29, 0.717) is 11.3 Å². The van der Waals surface area contributed by atoms with Gasteiger partial charge in [-0.1, -0.05) is 30.2 Å². The third kappa shape index (κ3) is 8.74. The first-order chi connectivity index (χ1) is 15.3. The highest BCUT2D eigenvalue weighted by atomic mass is 16.6. The summed E-state index contributed by atoms with van der Waals surface area (Å²) in [7, 11) is 0. The summed E-state index contributed by atoms with van der Waals surface area (Å²) < 4.78 is 15.5. The van der Waals surface area contributed by atoms with Crippen LogP contribution in [-0.4, -0.2) is 11.9 Å². The number of ether oxygens (including phenoxy) is 2. The molecule has 0 aromatic carbocycles. The maximum atomic E-state index is 11.8. The van der Waals surface area contributed by atoms with E-state index >= 15 is 0 Å². The van der Waals surface area contributed by atoms with Gasteiger partial charge in [-0.2, -0.15) is 0 Å². The number of aryl methyl sites for hydroxylation is 1. The zero-order chi connectivity index (χ0) is 23.5. The zero-order valence-electron chi connectivity index (χ0n) is 20.0. The Labute approximate surface area is 191 Å². The highest BCUT2D eigenvalue weighted by Crippen LogP contribution is 2.29. The van der Waals surface area contributed by atoms with Crippen molar-refractivity contribution in [1.29, 1.82) is 0 Å². The fourth-order valence-electron chi connectivity index (χ4n) is 3.59. The van der Waals surface area contributed by atoms with Crippen molar-refractivity contribution in [1.82, 2.24) is 0 Å². The molecule has 32 heavy (non-hydrogen) atoms. The summed E-state index contributed by atoms with van der Waals surface area (Å²) >= 11 is 0. The third-order valence-corrected chi connectivity index (χ3v) is 5.52. The van der Waals surface area contributed by atoms with Crippen LogP contribution in [0.5, 0.6) is 0 Å². The lowest BCUT2D eigenvalue weighted by Gasteiger charge is -2.09. The van der Waals surface area contributed by atoms with Crippen LogP contribution in [0.15, 0.2) is 69.5 Å². The molecule has 1 aromatic rings. The van der Waals surface area contributed by atoms with Crippen molar-refractivity contribution in [3.8, 4) is 0 Å². The quantitative estimate of drug-likeness (QED) is 0.259. The molecule has 0 amide bonds. The van der Waals surface area contributed by atoms with Crippen molar-refractivity contribution in [2.75, 3.05) is 0 Å². The van der Waals surface area contributed by atoms with Gasteiger partial charge in [0.25, 0.3) is 0 Å². The lowest BCUT2D eigenvalue weighted by molar-refractivity contribution is -0.137. The number of hydrogen-bond donors (Lipinski definition) is 0. The molecule has 2 rings (SSSR count). The molecule has 0 aliphatic carbocycles. The molecule has 1 aliphatic heterocycles. The Morgan fingerprint density at radius 2 is 1.81 bits per heavy atom. The van der Waals surface area contributed by atoms with Crippen LogP contribution in [0, 0.1) is 5.92 Å². The van der Waals surface area contributed by atoms with Crippen molar-refractivity contribution < 1.29 is 23.5 Å². The molecule has 0 saturated carbocycles. The molecule has 0 radical (unpaired) electrons. The van der Waals surface area contributed by atoms with Gasteiger partial charge in [0.1, 0.15) is 0 Å². The number of esters is 2. The van der Waals surface area contributed by atoms with Crippen molar-refractivity contribution >= 4 is 11.9 Å². The maximum absolute atomic E-state index is 11.8. The van der Waals surface area contributed by atoms with Crippen LogP contribution in [0.4, 0.5) is 0 Å². The molecule has 5 nitrogen and oxygen atoms in total. The Morgan fingerprint density at radius 1 is 1.12 bits per heavy atom. The lowest BCUT2D eigenvalue weighted by Crippen LogP contribution is -2.02. The van der Waals surface area contributed by atoms with Gasteiger partial charge < -0.3 is 13.9 Å². The van der Waals surface area contributed by atoms with E-state index in [0.717, 1.165) is 44.9 Å². The van der Waals surface area contributed by atoms with Crippen molar-refractivity contribution in [3.63, 3.8) is 0 Å². The second-order valence-corrected chi connectivity index (χ2v) is 8.65. The summed E-state index contributed by atoms with van der Waals surface area (Å²) in [5, 5.41) is 0. The van der Waals surface area contributed by atoms with Gasteiger partial charge in [0, 0.05) is 6.92 Å². The Morgan fingerprint density at radius 3 is 2.44 bits per heavy atom. The van der Waals surface area contributed by atoms with E-state index in [1.807, 2.05) is 18.4 Å². The largest absolute Gasteiger partial charge is 0.472 e. The minimum Gasteiger partial charge on any atom is -0.472 e. The summed E-state index contributed by atoms with van der Waals surface area (Å²) in [5.41, 5.74) is 4.43. The number of cyclic esters (lactones) is 1. The molecule has 0 saturated heterocycles. The molecule has 0 bridgehead atoms. The fraction of sp³-hybridized carbons (Fsp3) is 0.481. The smallest absolute Gasteiger partial charge is 0.343 e. The average molecular weight is 441 g/mol. The minimum absolute atomic E-state index is 0.193. The molecule has 1 atom stereocenters. The summed E-state index contributed by atoms with van der Waals surface area (Å²) in [5.74, 6) is -0.127. The summed E-state index contributed by atoms with van der Waals surface area (Å²) in [6.07, 6.45) is 17.4. The standard InChI is InChI=1S/C27H36O5/c1-19(9-6-10-20(2)12-8-14-24-15-16-30-18-24)11-7-13-21(3)17-25-26(31-23(5)28)22(4)27(29)32-25/h11-12,15-18,21H,6-10,13-14H2,1-5H3/t21-/m1/s1. The molecule has 2 heterocycles. The van der Waals surface area contributed by atoms with Crippen LogP contribution in [0.1, 0.15) is 78.7 Å². The SMILES string of the molecule is CC(=O)OC1=C(C)C(=O)OC1=C[C@H](C)CCC=C(C)CCCC(C)=CCCc1ccoc1. The van der Waals surface area contributed by atoms with Gasteiger partial charge in [-0.3, -0.25) is 4.79 Å². The fourth-order valence-corrected chi connectivity index (χ4v) is 3.59. The van der Waals surface area contributed by atoms with Crippen molar-refractivity contribution in [2.24, 2.45) is 5.92 Å². The first-order valence-corrected chi connectivity index (χ1v) is 11.4. The van der Waals surface area contributed by atoms with Crippen LogP contribution in [-0.2, 0) is 25.5 Å². The van der Waals surface area contributed by atoms with E-state index in [1.165, 1.54) is 23.6 Å². The summed E-state index contributed by atoms with van der Waals surface area (Å²) in [6, 6.07) is 2.02. The number of carbonyl (C=O) groups excluding carboxylic acids is 2. The summed E-state index contributed by atoms with van der Waals surface area (Å²) in [4.78, 5) is 23.1. The predicted octanol–water partition coefficient (Wildman–Crippen LogP) is 6.97. The number of hydrogen-bond acceptors (Lipinski definition) is 5. The van der Waals surface area contributed by atoms with E-state index in [2.05, 4.69) is 32.9 Å². The predicted molar refractivity (Wildman–Crippen MR) is 125 cm³/mol. The molecule has 0 unspecified atom stereocenters. The van der Waals surface area contributed by atoms with Crippen LogP contribution >= 0.6 is 0 Å². The van der Waals surface area contributed by atoms with Crippen LogP contribution in [0.2, 0.25) is 0 Å².